The van der Waals surface area contributed by atoms with Crippen molar-refractivity contribution in [3.8, 4) is 11.4 Å². The first-order valence-corrected chi connectivity index (χ1v) is 8.62. The second-order valence-electron chi connectivity index (χ2n) is 5.24. The number of anilines is 1. The summed E-state index contributed by atoms with van der Waals surface area (Å²) in [5, 5.41) is 2.91. The SMILES string of the molecule is CCC(=O)N1CSCC1C(=O)Nc1cccc(-c2ncc[nH]2)c1. The summed E-state index contributed by atoms with van der Waals surface area (Å²) in [6, 6.07) is 7.08. The minimum absolute atomic E-state index is 0.0134. The summed E-state index contributed by atoms with van der Waals surface area (Å²) in [4.78, 5) is 33.3. The Kier molecular flexibility index (Phi) is 4.66. The van der Waals surface area contributed by atoms with Crippen molar-refractivity contribution in [2.24, 2.45) is 0 Å². The van der Waals surface area contributed by atoms with E-state index in [1.54, 1.807) is 29.1 Å². The van der Waals surface area contributed by atoms with E-state index in [-0.39, 0.29) is 11.8 Å². The van der Waals surface area contributed by atoms with Crippen LogP contribution in [0.1, 0.15) is 13.3 Å². The number of imidazole rings is 1. The highest BCUT2D eigenvalue weighted by Gasteiger charge is 2.33. The van der Waals surface area contributed by atoms with Gasteiger partial charge in [0.15, 0.2) is 0 Å². The molecule has 2 heterocycles. The molecule has 7 heteroatoms. The average Bonchev–Trinajstić information content (AvgIpc) is 3.25. The van der Waals surface area contributed by atoms with Crippen molar-refractivity contribution < 1.29 is 9.59 Å². The summed E-state index contributed by atoms with van der Waals surface area (Å²) in [5.74, 6) is 1.83. The maximum Gasteiger partial charge on any atom is 0.248 e. The highest BCUT2D eigenvalue weighted by molar-refractivity contribution is 7.99. The Hall–Kier alpha value is -2.28. The first-order valence-electron chi connectivity index (χ1n) is 7.47. The van der Waals surface area contributed by atoms with Gasteiger partial charge in [-0.3, -0.25) is 9.59 Å². The molecule has 0 spiro atoms. The predicted octanol–water partition coefficient (Wildman–Crippen LogP) is 2.33. The highest BCUT2D eigenvalue weighted by Crippen LogP contribution is 2.24. The Morgan fingerprint density at radius 2 is 2.35 bits per heavy atom. The third-order valence-electron chi connectivity index (χ3n) is 3.71. The summed E-state index contributed by atoms with van der Waals surface area (Å²) in [7, 11) is 0. The number of nitrogens with one attached hydrogen (secondary N) is 2. The van der Waals surface area contributed by atoms with Gasteiger partial charge < -0.3 is 15.2 Å². The average molecular weight is 330 g/mol. The van der Waals surface area contributed by atoms with Gasteiger partial charge in [-0.25, -0.2) is 4.98 Å². The van der Waals surface area contributed by atoms with Crippen LogP contribution in [0.2, 0.25) is 0 Å². The molecular weight excluding hydrogens is 312 g/mol. The van der Waals surface area contributed by atoms with Crippen LogP contribution in [0, 0.1) is 0 Å². The zero-order valence-electron chi connectivity index (χ0n) is 12.8. The molecule has 23 heavy (non-hydrogen) atoms. The van der Waals surface area contributed by atoms with Crippen molar-refractivity contribution in [3.63, 3.8) is 0 Å². The lowest BCUT2D eigenvalue weighted by atomic mass is 10.2. The molecular formula is C16H18N4O2S. The molecule has 1 fully saturated rings. The van der Waals surface area contributed by atoms with Gasteiger partial charge in [-0.05, 0) is 12.1 Å². The number of rotatable bonds is 4. The molecule has 1 aromatic carbocycles. The van der Waals surface area contributed by atoms with Crippen LogP contribution < -0.4 is 5.32 Å². The number of aromatic amines is 1. The summed E-state index contributed by atoms with van der Waals surface area (Å²) >= 11 is 1.60. The third kappa shape index (κ3) is 3.39. The smallest absolute Gasteiger partial charge is 0.248 e. The van der Waals surface area contributed by atoms with Gasteiger partial charge in [0.25, 0.3) is 0 Å². The van der Waals surface area contributed by atoms with Crippen LogP contribution in [0.4, 0.5) is 5.69 Å². The highest BCUT2D eigenvalue weighted by atomic mass is 32.2. The van der Waals surface area contributed by atoms with Gasteiger partial charge in [-0.2, -0.15) is 0 Å². The molecule has 0 radical (unpaired) electrons. The number of thioether (sulfide) groups is 1. The molecule has 1 aromatic heterocycles. The van der Waals surface area contributed by atoms with Crippen molar-refractivity contribution >= 4 is 29.3 Å². The molecule has 0 aliphatic carbocycles. The molecule has 1 saturated heterocycles. The fraction of sp³-hybridized carbons (Fsp3) is 0.312. The van der Waals surface area contributed by atoms with E-state index in [0.29, 0.717) is 23.7 Å². The van der Waals surface area contributed by atoms with Gasteiger partial charge in [0.1, 0.15) is 11.9 Å². The zero-order chi connectivity index (χ0) is 16.2. The molecule has 2 aromatic rings. The van der Waals surface area contributed by atoms with E-state index in [0.717, 1.165) is 11.4 Å². The number of H-pyrrole nitrogens is 1. The quantitative estimate of drug-likeness (QED) is 0.902. The Bertz CT molecular complexity index is 702. The fourth-order valence-corrected chi connectivity index (χ4v) is 3.68. The predicted molar refractivity (Wildman–Crippen MR) is 90.9 cm³/mol. The number of carbonyl (C=O) groups is 2. The standard InChI is InChI=1S/C16H18N4O2S/c1-2-14(21)20-10-23-9-13(20)16(22)19-12-5-3-4-11(8-12)15-17-6-7-18-15/h3-8,13H,2,9-10H2,1H3,(H,17,18)(H,19,22). The Balaban J connectivity index is 1.73. The van der Waals surface area contributed by atoms with Gasteiger partial charge in [0.2, 0.25) is 11.8 Å². The molecule has 2 amide bonds. The Morgan fingerprint density at radius 3 is 3.09 bits per heavy atom. The van der Waals surface area contributed by atoms with Gasteiger partial charge in [-0.1, -0.05) is 19.1 Å². The number of aromatic nitrogens is 2. The molecule has 1 aliphatic rings. The number of hydrogen-bond acceptors (Lipinski definition) is 4. The van der Waals surface area contributed by atoms with Crippen molar-refractivity contribution in [2.75, 3.05) is 16.9 Å². The summed E-state index contributed by atoms with van der Waals surface area (Å²) < 4.78 is 0. The lowest BCUT2D eigenvalue weighted by Gasteiger charge is -2.22. The van der Waals surface area contributed by atoms with E-state index in [2.05, 4.69) is 15.3 Å². The first kappa shape index (κ1) is 15.6. The van der Waals surface area contributed by atoms with Crippen molar-refractivity contribution in [1.82, 2.24) is 14.9 Å². The molecule has 3 rings (SSSR count). The molecule has 1 unspecified atom stereocenters. The number of hydrogen-bond donors (Lipinski definition) is 2. The maximum absolute atomic E-state index is 12.5. The van der Waals surface area contributed by atoms with Crippen molar-refractivity contribution in [1.29, 1.82) is 0 Å². The van der Waals surface area contributed by atoms with Crippen LogP contribution in [-0.2, 0) is 9.59 Å². The lowest BCUT2D eigenvalue weighted by Crippen LogP contribution is -2.44. The van der Waals surface area contributed by atoms with Crippen LogP contribution in [0.5, 0.6) is 0 Å². The molecule has 1 atom stereocenters. The van der Waals surface area contributed by atoms with Crippen LogP contribution in [0.25, 0.3) is 11.4 Å². The van der Waals surface area contributed by atoms with Gasteiger partial charge >= 0.3 is 0 Å². The molecule has 2 N–H and O–H groups in total. The topological polar surface area (TPSA) is 78.1 Å². The third-order valence-corrected chi connectivity index (χ3v) is 4.72. The number of carbonyl (C=O) groups excluding carboxylic acids is 2. The molecule has 1 aliphatic heterocycles. The second kappa shape index (κ2) is 6.87. The van der Waals surface area contributed by atoms with E-state index >= 15 is 0 Å². The molecule has 6 nitrogen and oxygen atoms in total. The summed E-state index contributed by atoms with van der Waals surface area (Å²) in [6.45, 7) is 1.81. The number of nitrogens with zero attached hydrogens (tertiary/aromatic N) is 2. The van der Waals surface area contributed by atoms with Gasteiger partial charge in [0.05, 0.1) is 5.88 Å². The first-order chi connectivity index (χ1) is 11.2. The van der Waals surface area contributed by atoms with Gasteiger partial charge in [0, 0.05) is 35.8 Å². The van der Waals surface area contributed by atoms with E-state index < -0.39 is 6.04 Å². The minimum atomic E-state index is -0.403. The molecule has 0 bridgehead atoms. The fourth-order valence-electron chi connectivity index (χ4n) is 2.50. The maximum atomic E-state index is 12.5. The Labute approximate surface area is 138 Å². The van der Waals surface area contributed by atoms with Crippen LogP contribution >= 0.6 is 11.8 Å². The normalized spacial score (nSPS) is 17.3. The second-order valence-corrected chi connectivity index (χ2v) is 6.24. The van der Waals surface area contributed by atoms with Crippen LogP contribution in [0.15, 0.2) is 36.7 Å². The number of benzene rings is 1. The summed E-state index contributed by atoms with van der Waals surface area (Å²) in [6.07, 6.45) is 3.85. The van der Waals surface area contributed by atoms with Crippen molar-refractivity contribution in [3.05, 3.63) is 36.7 Å². The van der Waals surface area contributed by atoms with Crippen LogP contribution in [0.3, 0.4) is 0 Å². The lowest BCUT2D eigenvalue weighted by molar-refractivity contribution is -0.135. The number of amides is 2. The minimum Gasteiger partial charge on any atom is -0.345 e. The molecule has 120 valence electrons. The summed E-state index contributed by atoms with van der Waals surface area (Å²) in [5.41, 5.74) is 1.60. The van der Waals surface area contributed by atoms with E-state index in [1.165, 1.54) is 0 Å². The monoisotopic (exact) mass is 330 g/mol. The van der Waals surface area contributed by atoms with Crippen LogP contribution in [-0.4, -0.2) is 44.4 Å². The van der Waals surface area contributed by atoms with Crippen molar-refractivity contribution in [2.45, 2.75) is 19.4 Å². The van der Waals surface area contributed by atoms with Gasteiger partial charge in [-0.15, -0.1) is 11.8 Å². The van der Waals surface area contributed by atoms with E-state index in [4.69, 9.17) is 0 Å². The molecule has 0 saturated carbocycles. The Morgan fingerprint density at radius 1 is 1.48 bits per heavy atom. The van der Waals surface area contributed by atoms with E-state index in [1.807, 2.05) is 31.2 Å². The largest absolute Gasteiger partial charge is 0.345 e. The zero-order valence-corrected chi connectivity index (χ0v) is 13.6. The van der Waals surface area contributed by atoms with E-state index in [9.17, 15) is 9.59 Å².